The van der Waals surface area contributed by atoms with Gasteiger partial charge in [-0.3, -0.25) is 9.10 Å². The Morgan fingerprint density at radius 1 is 1.39 bits per heavy atom. The van der Waals surface area contributed by atoms with Crippen LogP contribution in [0.1, 0.15) is 28.8 Å². The molecule has 23 heavy (non-hydrogen) atoms. The van der Waals surface area contributed by atoms with Crippen LogP contribution in [0.4, 0.5) is 5.69 Å². The van der Waals surface area contributed by atoms with Crippen LogP contribution in [0.15, 0.2) is 18.2 Å². The number of carbonyl (C=O) groups excluding carboxylic acids is 1. The molecule has 6 nitrogen and oxygen atoms in total. The van der Waals surface area contributed by atoms with Gasteiger partial charge in [0.05, 0.1) is 11.4 Å². The molecule has 0 bridgehead atoms. The molecule has 0 aliphatic carbocycles. The number of benzene rings is 1. The molecule has 1 aromatic rings. The molecule has 3 rings (SSSR count). The third-order valence-electron chi connectivity index (χ3n) is 4.24. The lowest BCUT2D eigenvalue weighted by Gasteiger charge is -2.19. The lowest BCUT2D eigenvalue weighted by molar-refractivity contribution is 0.0939. The Labute approximate surface area is 143 Å². The first kappa shape index (κ1) is 18.0. The first-order valence-corrected chi connectivity index (χ1v) is 9.21. The van der Waals surface area contributed by atoms with Gasteiger partial charge in [0.1, 0.15) is 0 Å². The van der Waals surface area contributed by atoms with Gasteiger partial charge in [-0.1, -0.05) is 0 Å². The van der Waals surface area contributed by atoms with Crippen molar-refractivity contribution >= 4 is 34.0 Å². The SMILES string of the molecule is Cc1cc(N2CCCS2(=O)=O)ccc1C(=O)NC1CCNC1.Cl. The predicted octanol–water partition coefficient (Wildman–Crippen LogP) is 1.05. The number of halogens is 1. The maximum atomic E-state index is 12.3. The Bertz CT molecular complexity index is 687. The quantitative estimate of drug-likeness (QED) is 0.845. The third kappa shape index (κ3) is 3.79. The highest BCUT2D eigenvalue weighted by Crippen LogP contribution is 2.26. The fraction of sp³-hybridized carbons (Fsp3) is 0.533. The number of rotatable bonds is 3. The zero-order chi connectivity index (χ0) is 15.7. The van der Waals surface area contributed by atoms with E-state index in [0.29, 0.717) is 24.2 Å². The lowest BCUT2D eigenvalue weighted by Crippen LogP contribution is -2.36. The van der Waals surface area contributed by atoms with E-state index in [2.05, 4.69) is 10.6 Å². The minimum atomic E-state index is -3.18. The van der Waals surface area contributed by atoms with Crippen molar-refractivity contribution < 1.29 is 13.2 Å². The van der Waals surface area contributed by atoms with Crippen molar-refractivity contribution in [3.8, 4) is 0 Å². The second-order valence-corrected chi connectivity index (χ2v) is 7.92. The van der Waals surface area contributed by atoms with E-state index in [1.54, 1.807) is 18.2 Å². The van der Waals surface area contributed by atoms with Crippen LogP contribution in [0.2, 0.25) is 0 Å². The molecule has 2 N–H and O–H groups in total. The van der Waals surface area contributed by atoms with Gasteiger partial charge in [0.15, 0.2) is 0 Å². The summed E-state index contributed by atoms with van der Waals surface area (Å²) >= 11 is 0. The Hall–Kier alpha value is -1.31. The van der Waals surface area contributed by atoms with Crippen molar-refractivity contribution in [3.05, 3.63) is 29.3 Å². The molecular weight excluding hydrogens is 338 g/mol. The zero-order valence-corrected chi connectivity index (χ0v) is 14.7. The number of nitrogens with one attached hydrogen (secondary N) is 2. The van der Waals surface area contributed by atoms with E-state index in [9.17, 15) is 13.2 Å². The van der Waals surface area contributed by atoms with Crippen molar-refractivity contribution in [3.63, 3.8) is 0 Å². The van der Waals surface area contributed by atoms with Gasteiger partial charge in [-0.25, -0.2) is 8.42 Å². The summed E-state index contributed by atoms with van der Waals surface area (Å²) < 4.78 is 25.4. The molecule has 2 saturated heterocycles. The highest BCUT2D eigenvalue weighted by Gasteiger charge is 2.29. The highest BCUT2D eigenvalue weighted by atomic mass is 35.5. The number of amides is 1. The molecule has 2 aliphatic rings. The van der Waals surface area contributed by atoms with Gasteiger partial charge >= 0.3 is 0 Å². The van der Waals surface area contributed by atoms with E-state index in [1.165, 1.54) is 4.31 Å². The predicted molar refractivity (Wildman–Crippen MR) is 92.9 cm³/mol. The molecule has 8 heteroatoms. The van der Waals surface area contributed by atoms with Gasteiger partial charge in [-0.15, -0.1) is 12.4 Å². The van der Waals surface area contributed by atoms with E-state index >= 15 is 0 Å². The lowest BCUT2D eigenvalue weighted by atomic mass is 10.1. The van der Waals surface area contributed by atoms with Gasteiger partial charge in [-0.2, -0.15) is 0 Å². The molecular formula is C15H22ClN3O3S. The number of anilines is 1. The molecule has 0 spiro atoms. The smallest absolute Gasteiger partial charge is 0.251 e. The van der Waals surface area contributed by atoms with E-state index in [4.69, 9.17) is 0 Å². The summed E-state index contributed by atoms with van der Waals surface area (Å²) in [6.45, 7) is 4.08. The third-order valence-corrected chi connectivity index (χ3v) is 6.11. The Kier molecular flexibility index (Phi) is 5.54. The van der Waals surface area contributed by atoms with Crippen molar-refractivity contribution in [2.45, 2.75) is 25.8 Å². The van der Waals surface area contributed by atoms with Crippen LogP contribution in [0.3, 0.4) is 0 Å². The first-order chi connectivity index (χ1) is 10.5. The van der Waals surface area contributed by atoms with E-state index in [1.807, 2.05) is 6.92 Å². The summed E-state index contributed by atoms with van der Waals surface area (Å²) in [5, 5.41) is 6.22. The molecule has 1 unspecified atom stereocenters. The number of hydrogen-bond donors (Lipinski definition) is 2. The van der Waals surface area contributed by atoms with Crippen LogP contribution in [0.5, 0.6) is 0 Å². The number of sulfonamides is 1. The van der Waals surface area contributed by atoms with Crippen molar-refractivity contribution in [1.29, 1.82) is 0 Å². The standard InChI is InChI=1S/C15H21N3O3S.ClH/c1-11-9-13(18-7-2-8-22(18,20)21)3-4-14(11)15(19)17-12-5-6-16-10-12;/h3-4,9,12,16H,2,5-8,10H2,1H3,(H,17,19);1H. The average molecular weight is 360 g/mol. The van der Waals surface area contributed by atoms with E-state index in [-0.39, 0.29) is 30.1 Å². The molecule has 2 aliphatic heterocycles. The fourth-order valence-electron chi connectivity index (χ4n) is 3.03. The van der Waals surface area contributed by atoms with Crippen LogP contribution >= 0.6 is 12.4 Å². The molecule has 1 aromatic carbocycles. The molecule has 2 fully saturated rings. The second kappa shape index (κ2) is 7.07. The van der Waals surface area contributed by atoms with Crippen molar-refractivity contribution in [2.75, 3.05) is 29.7 Å². The van der Waals surface area contributed by atoms with Crippen molar-refractivity contribution in [2.24, 2.45) is 0 Å². The summed E-state index contributed by atoms with van der Waals surface area (Å²) in [4.78, 5) is 12.3. The van der Waals surface area contributed by atoms with Gasteiger partial charge in [0.2, 0.25) is 10.0 Å². The summed E-state index contributed by atoms with van der Waals surface area (Å²) in [5.41, 5.74) is 2.05. The van der Waals surface area contributed by atoms with Gasteiger partial charge in [-0.05, 0) is 50.1 Å². The topological polar surface area (TPSA) is 78.5 Å². The van der Waals surface area contributed by atoms with Gasteiger partial charge < -0.3 is 10.6 Å². The highest BCUT2D eigenvalue weighted by molar-refractivity contribution is 7.93. The number of hydrogen-bond acceptors (Lipinski definition) is 4. The Morgan fingerprint density at radius 3 is 2.74 bits per heavy atom. The number of carbonyl (C=O) groups is 1. The largest absolute Gasteiger partial charge is 0.348 e. The second-order valence-electron chi connectivity index (χ2n) is 5.90. The Balaban J connectivity index is 0.00000192. The van der Waals surface area contributed by atoms with Crippen molar-refractivity contribution in [1.82, 2.24) is 10.6 Å². The average Bonchev–Trinajstić information content (AvgIpc) is 3.07. The molecule has 1 amide bonds. The monoisotopic (exact) mass is 359 g/mol. The van der Waals surface area contributed by atoms with E-state index < -0.39 is 10.0 Å². The maximum absolute atomic E-state index is 12.3. The summed E-state index contributed by atoms with van der Waals surface area (Å²) in [7, 11) is -3.18. The summed E-state index contributed by atoms with van der Waals surface area (Å²) in [5.74, 6) is 0.102. The van der Waals surface area contributed by atoms with Crippen LogP contribution < -0.4 is 14.9 Å². The van der Waals surface area contributed by atoms with Crippen LogP contribution in [-0.2, 0) is 10.0 Å². The Morgan fingerprint density at radius 2 is 2.17 bits per heavy atom. The zero-order valence-electron chi connectivity index (χ0n) is 13.0. The minimum absolute atomic E-state index is 0. The molecule has 0 saturated carbocycles. The number of nitrogens with zero attached hydrogens (tertiary/aromatic N) is 1. The molecule has 0 radical (unpaired) electrons. The molecule has 1 atom stereocenters. The van der Waals surface area contributed by atoms with E-state index in [0.717, 1.165) is 25.1 Å². The number of aryl methyl sites for hydroxylation is 1. The normalized spacial score (nSPS) is 22.7. The van der Waals surface area contributed by atoms with Gasteiger partial charge in [0, 0.05) is 24.7 Å². The van der Waals surface area contributed by atoms with Crippen LogP contribution in [0, 0.1) is 6.92 Å². The fourth-order valence-corrected chi connectivity index (χ4v) is 4.58. The van der Waals surface area contributed by atoms with Gasteiger partial charge in [0.25, 0.3) is 5.91 Å². The molecule has 128 valence electrons. The van der Waals surface area contributed by atoms with Crippen LogP contribution in [0.25, 0.3) is 0 Å². The molecule has 0 aromatic heterocycles. The molecule has 2 heterocycles. The maximum Gasteiger partial charge on any atom is 0.251 e. The first-order valence-electron chi connectivity index (χ1n) is 7.60. The summed E-state index contributed by atoms with van der Waals surface area (Å²) in [6.07, 6.45) is 1.59. The summed E-state index contributed by atoms with van der Waals surface area (Å²) in [6, 6.07) is 5.39. The van der Waals surface area contributed by atoms with Crippen LogP contribution in [-0.4, -0.2) is 45.8 Å². The minimum Gasteiger partial charge on any atom is -0.348 e.